The predicted molar refractivity (Wildman–Crippen MR) is 58.8 cm³/mol. The predicted octanol–water partition coefficient (Wildman–Crippen LogP) is 2.34. The van der Waals surface area contributed by atoms with Crippen molar-refractivity contribution in [3.63, 3.8) is 0 Å². The van der Waals surface area contributed by atoms with Crippen molar-refractivity contribution in [3.8, 4) is 0 Å². The summed E-state index contributed by atoms with van der Waals surface area (Å²) < 4.78 is 38.0. The summed E-state index contributed by atoms with van der Waals surface area (Å²) >= 11 is 1.07. The normalized spacial score (nSPS) is 11.9. The third-order valence-corrected chi connectivity index (χ3v) is 3.10. The molecule has 1 N–H and O–H groups in total. The quantitative estimate of drug-likeness (QED) is 0.892. The largest absolute Gasteiger partial charge is 0.434 e. The average Bonchev–Trinajstić information content (AvgIpc) is 2.57. The van der Waals surface area contributed by atoms with E-state index in [0.717, 1.165) is 11.3 Å². The standard InChI is InChI=1S/C9H14F3N3S/c1-4-13-5-6-7(9(10,11)12)14-8(16-6)15(2)3/h13H,4-5H2,1-3H3. The van der Waals surface area contributed by atoms with Gasteiger partial charge in [-0.15, -0.1) is 0 Å². The van der Waals surface area contributed by atoms with Gasteiger partial charge in [-0.1, -0.05) is 18.3 Å². The Morgan fingerprint density at radius 2 is 2.00 bits per heavy atom. The first-order valence-electron chi connectivity index (χ1n) is 4.81. The lowest BCUT2D eigenvalue weighted by molar-refractivity contribution is -0.141. The molecule has 92 valence electrons. The second-order valence-electron chi connectivity index (χ2n) is 3.44. The van der Waals surface area contributed by atoms with Crippen LogP contribution in [0.1, 0.15) is 17.5 Å². The van der Waals surface area contributed by atoms with Crippen molar-refractivity contribution in [3.05, 3.63) is 10.6 Å². The zero-order chi connectivity index (χ0) is 12.3. The van der Waals surface area contributed by atoms with Gasteiger partial charge in [0.25, 0.3) is 0 Å². The van der Waals surface area contributed by atoms with Gasteiger partial charge in [-0.05, 0) is 6.54 Å². The second kappa shape index (κ2) is 5.01. The van der Waals surface area contributed by atoms with Gasteiger partial charge in [-0.2, -0.15) is 13.2 Å². The lowest BCUT2D eigenvalue weighted by Gasteiger charge is -2.06. The van der Waals surface area contributed by atoms with Crippen molar-refractivity contribution in [1.29, 1.82) is 0 Å². The van der Waals surface area contributed by atoms with Crippen LogP contribution in [-0.2, 0) is 12.7 Å². The van der Waals surface area contributed by atoms with Crippen LogP contribution < -0.4 is 10.2 Å². The molecular weight excluding hydrogens is 239 g/mol. The fourth-order valence-electron chi connectivity index (χ4n) is 1.11. The molecule has 0 saturated heterocycles. The Balaban J connectivity index is 3.03. The van der Waals surface area contributed by atoms with Crippen LogP contribution in [0.2, 0.25) is 0 Å². The summed E-state index contributed by atoms with van der Waals surface area (Å²) in [4.78, 5) is 5.43. The highest BCUT2D eigenvalue weighted by molar-refractivity contribution is 7.15. The lowest BCUT2D eigenvalue weighted by atomic mass is 10.3. The second-order valence-corrected chi connectivity index (χ2v) is 4.50. The van der Waals surface area contributed by atoms with Crippen molar-refractivity contribution >= 4 is 16.5 Å². The number of alkyl halides is 3. The SMILES string of the molecule is CCNCc1sc(N(C)C)nc1C(F)(F)F. The van der Waals surface area contributed by atoms with Gasteiger partial charge in [0.15, 0.2) is 10.8 Å². The van der Waals surface area contributed by atoms with E-state index in [1.54, 1.807) is 19.0 Å². The summed E-state index contributed by atoms with van der Waals surface area (Å²) in [5.74, 6) is 0. The van der Waals surface area contributed by atoms with E-state index in [2.05, 4.69) is 10.3 Å². The molecule has 0 saturated carbocycles. The number of anilines is 1. The maximum Gasteiger partial charge on any atom is 0.434 e. The van der Waals surface area contributed by atoms with Gasteiger partial charge in [-0.25, -0.2) is 4.98 Å². The van der Waals surface area contributed by atoms with Gasteiger partial charge < -0.3 is 10.2 Å². The molecule has 0 fully saturated rings. The summed E-state index contributed by atoms with van der Waals surface area (Å²) in [6.07, 6.45) is -4.38. The van der Waals surface area contributed by atoms with Crippen LogP contribution in [0.25, 0.3) is 0 Å². The van der Waals surface area contributed by atoms with Crippen molar-refractivity contribution in [2.45, 2.75) is 19.6 Å². The number of halogens is 3. The maximum absolute atomic E-state index is 12.7. The summed E-state index contributed by atoms with van der Waals surface area (Å²) in [7, 11) is 3.35. The summed E-state index contributed by atoms with van der Waals surface area (Å²) in [5.41, 5.74) is -0.776. The van der Waals surface area contributed by atoms with E-state index in [4.69, 9.17) is 0 Å². The van der Waals surface area contributed by atoms with Gasteiger partial charge in [0, 0.05) is 20.6 Å². The highest BCUT2D eigenvalue weighted by Gasteiger charge is 2.37. The van der Waals surface area contributed by atoms with Crippen molar-refractivity contribution in [2.24, 2.45) is 0 Å². The molecule has 16 heavy (non-hydrogen) atoms. The highest BCUT2D eigenvalue weighted by Crippen LogP contribution is 2.36. The molecule has 0 aromatic carbocycles. The van der Waals surface area contributed by atoms with E-state index in [0.29, 0.717) is 11.7 Å². The van der Waals surface area contributed by atoms with E-state index < -0.39 is 11.9 Å². The van der Waals surface area contributed by atoms with Gasteiger partial charge in [-0.3, -0.25) is 0 Å². The Morgan fingerprint density at radius 3 is 2.44 bits per heavy atom. The Bertz CT molecular complexity index is 346. The lowest BCUT2D eigenvalue weighted by Crippen LogP contribution is -2.16. The first-order valence-corrected chi connectivity index (χ1v) is 5.62. The monoisotopic (exact) mass is 253 g/mol. The number of rotatable bonds is 4. The summed E-state index contributed by atoms with van der Waals surface area (Å²) in [6.45, 7) is 2.69. The smallest absolute Gasteiger partial charge is 0.354 e. The molecule has 3 nitrogen and oxygen atoms in total. The number of nitrogens with zero attached hydrogens (tertiary/aromatic N) is 2. The van der Waals surface area contributed by atoms with Crippen LogP contribution in [0.3, 0.4) is 0 Å². The van der Waals surface area contributed by atoms with Gasteiger partial charge in [0.1, 0.15) is 0 Å². The van der Waals surface area contributed by atoms with Crippen molar-refractivity contribution < 1.29 is 13.2 Å². The van der Waals surface area contributed by atoms with Gasteiger partial charge >= 0.3 is 6.18 Å². The van der Waals surface area contributed by atoms with E-state index in [9.17, 15) is 13.2 Å². The van der Waals surface area contributed by atoms with E-state index in [1.165, 1.54) is 0 Å². The molecule has 7 heteroatoms. The zero-order valence-electron chi connectivity index (χ0n) is 9.35. The Morgan fingerprint density at radius 1 is 1.38 bits per heavy atom. The first-order chi connectivity index (χ1) is 7.36. The minimum Gasteiger partial charge on any atom is -0.354 e. The van der Waals surface area contributed by atoms with Crippen LogP contribution in [0.15, 0.2) is 0 Å². The minimum absolute atomic E-state index is 0.205. The molecule has 0 spiro atoms. The average molecular weight is 253 g/mol. The van der Waals surface area contributed by atoms with Crippen LogP contribution in [0.5, 0.6) is 0 Å². The van der Waals surface area contributed by atoms with E-state index in [-0.39, 0.29) is 11.4 Å². The molecule has 1 rings (SSSR count). The third kappa shape index (κ3) is 3.08. The van der Waals surface area contributed by atoms with Crippen molar-refractivity contribution in [1.82, 2.24) is 10.3 Å². The molecule has 1 aromatic rings. The third-order valence-electron chi connectivity index (χ3n) is 1.87. The summed E-state index contributed by atoms with van der Waals surface area (Å²) in [5, 5.41) is 3.26. The molecule has 0 aliphatic heterocycles. The Hall–Kier alpha value is -0.820. The number of nitrogens with one attached hydrogen (secondary N) is 1. The van der Waals surface area contributed by atoms with Crippen LogP contribution in [0, 0.1) is 0 Å². The number of aromatic nitrogens is 1. The highest BCUT2D eigenvalue weighted by atomic mass is 32.1. The van der Waals surface area contributed by atoms with Crippen molar-refractivity contribution in [2.75, 3.05) is 25.5 Å². The van der Waals surface area contributed by atoms with Gasteiger partial charge in [0.2, 0.25) is 0 Å². The Labute approximate surface area is 96.3 Å². The van der Waals surface area contributed by atoms with Crippen LogP contribution >= 0.6 is 11.3 Å². The molecule has 0 aliphatic carbocycles. The Kier molecular flexibility index (Phi) is 4.15. The van der Waals surface area contributed by atoms with Crippen LogP contribution in [-0.4, -0.2) is 25.6 Å². The van der Waals surface area contributed by atoms with Gasteiger partial charge in [0.05, 0.1) is 4.88 Å². The molecule has 1 heterocycles. The van der Waals surface area contributed by atoms with E-state index >= 15 is 0 Å². The molecule has 1 aromatic heterocycles. The number of hydrogen-bond donors (Lipinski definition) is 1. The number of thiazole rings is 1. The molecule has 0 aliphatic rings. The molecular formula is C9H14F3N3S. The molecule has 0 bridgehead atoms. The topological polar surface area (TPSA) is 28.2 Å². The maximum atomic E-state index is 12.7. The molecule has 0 amide bonds. The fraction of sp³-hybridized carbons (Fsp3) is 0.667. The first kappa shape index (κ1) is 13.2. The zero-order valence-corrected chi connectivity index (χ0v) is 10.2. The summed E-state index contributed by atoms with van der Waals surface area (Å²) in [6, 6.07) is 0. The molecule has 0 atom stereocenters. The minimum atomic E-state index is -4.38. The van der Waals surface area contributed by atoms with Crippen LogP contribution in [0.4, 0.5) is 18.3 Å². The molecule has 0 unspecified atom stereocenters. The molecule has 0 radical (unpaired) electrons. The van der Waals surface area contributed by atoms with E-state index in [1.807, 2.05) is 6.92 Å². The fourth-order valence-corrected chi connectivity index (χ4v) is 2.08. The number of hydrogen-bond acceptors (Lipinski definition) is 4.